The van der Waals surface area contributed by atoms with Crippen LogP contribution >= 0.6 is 23.4 Å². The molecule has 1 heterocycles. The van der Waals surface area contributed by atoms with Crippen molar-refractivity contribution >= 4 is 40.6 Å². The van der Waals surface area contributed by atoms with Crippen LogP contribution in [0.15, 0.2) is 77.7 Å². The molecule has 8 heteroatoms. The summed E-state index contributed by atoms with van der Waals surface area (Å²) in [6, 6.07) is 22.0. The van der Waals surface area contributed by atoms with E-state index in [1.807, 2.05) is 54.6 Å². The lowest BCUT2D eigenvalue weighted by atomic mass is 10.1. The zero-order chi connectivity index (χ0) is 23.9. The Hall–Kier alpha value is -3.42. The summed E-state index contributed by atoms with van der Waals surface area (Å²) < 4.78 is 16.9. The molecule has 4 rings (SSSR count). The van der Waals surface area contributed by atoms with Crippen molar-refractivity contribution in [2.45, 2.75) is 6.61 Å². The first kappa shape index (κ1) is 23.7. The minimum atomic E-state index is -0.341. The number of carbonyl (C=O) groups is 2. The Morgan fingerprint density at radius 3 is 2.53 bits per heavy atom. The monoisotopic (exact) mass is 495 g/mol. The molecule has 0 aromatic heterocycles. The fourth-order valence-electron chi connectivity index (χ4n) is 3.30. The maximum atomic E-state index is 12.8. The molecule has 3 aromatic rings. The van der Waals surface area contributed by atoms with Gasteiger partial charge in [-0.2, -0.15) is 0 Å². The second-order valence-corrected chi connectivity index (χ2v) is 8.75. The first-order valence-electron chi connectivity index (χ1n) is 10.5. The van der Waals surface area contributed by atoms with Gasteiger partial charge in [0, 0.05) is 5.02 Å². The van der Waals surface area contributed by atoms with Gasteiger partial charge in [0.05, 0.1) is 18.6 Å². The standard InChI is InChI=1S/C26H22ClNO5S/c1-31-23-15-18(10-11-22(23)33-17-19-6-5-7-20(27)14-19)16-24-25(29)28(26(30)34-24)12-13-32-21-8-3-2-4-9-21/h2-11,14-16H,12-13,17H2,1H3/b24-16-. The number of halogens is 1. The summed E-state index contributed by atoms with van der Waals surface area (Å²) in [5.41, 5.74) is 1.65. The number of rotatable bonds is 9. The fraction of sp³-hybridized carbons (Fsp3) is 0.154. The van der Waals surface area contributed by atoms with Gasteiger partial charge in [0.2, 0.25) is 0 Å². The number of nitrogens with zero attached hydrogens (tertiary/aromatic N) is 1. The summed E-state index contributed by atoms with van der Waals surface area (Å²) in [7, 11) is 1.55. The van der Waals surface area contributed by atoms with E-state index in [-0.39, 0.29) is 24.3 Å². The third kappa shape index (κ3) is 5.92. The Balaban J connectivity index is 1.40. The highest BCUT2D eigenvalue weighted by Crippen LogP contribution is 2.34. The largest absolute Gasteiger partial charge is 0.493 e. The highest BCUT2D eigenvalue weighted by atomic mass is 35.5. The number of para-hydroxylation sites is 1. The maximum absolute atomic E-state index is 12.8. The van der Waals surface area contributed by atoms with Crippen molar-refractivity contribution in [1.29, 1.82) is 0 Å². The zero-order valence-electron chi connectivity index (χ0n) is 18.4. The van der Waals surface area contributed by atoms with Gasteiger partial charge in [-0.05, 0) is 65.4 Å². The number of amides is 2. The van der Waals surface area contributed by atoms with Crippen molar-refractivity contribution < 1.29 is 23.8 Å². The SMILES string of the molecule is COc1cc(/C=C2\SC(=O)N(CCOc3ccccc3)C2=O)ccc1OCc1cccc(Cl)c1. The molecule has 6 nitrogen and oxygen atoms in total. The summed E-state index contributed by atoms with van der Waals surface area (Å²) in [6.07, 6.45) is 1.67. The molecule has 0 radical (unpaired) electrons. The molecule has 1 saturated heterocycles. The van der Waals surface area contributed by atoms with Crippen molar-refractivity contribution in [3.05, 3.63) is 93.9 Å². The molecule has 2 amide bonds. The topological polar surface area (TPSA) is 65.1 Å². The Kier molecular flexibility index (Phi) is 7.77. The van der Waals surface area contributed by atoms with Crippen molar-refractivity contribution in [3.63, 3.8) is 0 Å². The van der Waals surface area contributed by atoms with Crippen LogP contribution in [0.5, 0.6) is 17.2 Å². The second-order valence-electron chi connectivity index (χ2n) is 7.32. The van der Waals surface area contributed by atoms with E-state index in [0.717, 1.165) is 22.9 Å². The molecule has 34 heavy (non-hydrogen) atoms. The highest BCUT2D eigenvalue weighted by molar-refractivity contribution is 8.18. The van der Waals surface area contributed by atoms with Crippen LogP contribution in [0.3, 0.4) is 0 Å². The van der Waals surface area contributed by atoms with Crippen LogP contribution < -0.4 is 14.2 Å². The van der Waals surface area contributed by atoms with E-state index < -0.39 is 0 Å². The summed E-state index contributed by atoms with van der Waals surface area (Å²) in [5, 5.41) is 0.324. The van der Waals surface area contributed by atoms with Gasteiger partial charge in [-0.1, -0.05) is 48.0 Å². The van der Waals surface area contributed by atoms with Crippen LogP contribution in [-0.2, 0) is 11.4 Å². The van der Waals surface area contributed by atoms with Crippen LogP contribution in [-0.4, -0.2) is 36.3 Å². The lowest BCUT2D eigenvalue weighted by molar-refractivity contribution is -0.123. The van der Waals surface area contributed by atoms with E-state index in [2.05, 4.69) is 0 Å². The van der Waals surface area contributed by atoms with Crippen molar-refractivity contribution in [3.8, 4) is 17.2 Å². The second kappa shape index (κ2) is 11.1. The van der Waals surface area contributed by atoms with Crippen LogP contribution in [0.4, 0.5) is 4.79 Å². The van der Waals surface area contributed by atoms with Gasteiger partial charge >= 0.3 is 0 Å². The first-order valence-corrected chi connectivity index (χ1v) is 11.7. The van der Waals surface area contributed by atoms with Crippen LogP contribution in [0.25, 0.3) is 6.08 Å². The number of hydrogen-bond donors (Lipinski definition) is 0. The van der Waals surface area contributed by atoms with E-state index >= 15 is 0 Å². The third-order valence-electron chi connectivity index (χ3n) is 4.97. The van der Waals surface area contributed by atoms with Crippen molar-refractivity contribution in [2.75, 3.05) is 20.3 Å². The molecule has 0 spiro atoms. The minimum Gasteiger partial charge on any atom is -0.493 e. The molecule has 3 aromatic carbocycles. The average Bonchev–Trinajstić information content (AvgIpc) is 3.11. The molecule has 0 aliphatic carbocycles. The first-order chi connectivity index (χ1) is 16.5. The lowest BCUT2D eigenvalue weighted by Crippen LogP contribution is -2.32. The van der Waals surface area contributed by atoms with Gasteiger partial charge < -0.3 is 14.2 Å². The average molecular weight is 496 g/mol. The molecule has 0 atom stereocenters. The van der Waals surface area contributed by atoms with Gasteiger partial charge in [-0.3, -0.25) is 14.5 Å². The van der Waals surface area contributed by atoms with E-state index in [0.29, 0.717) is 33.8 Å². The molecule has 1 aliphatic heterocycles. The molecule has 0 bridgehead atoms. The normalized spacial score (nSPS) is 14.5. The highest BCUT2D eigenvalue weighted by Gasteiger charge is 2.34. The molecular weight excluding hydrogens is 474 g/mol. The Labute approximate surface area is 207 Å². The number of ether oxygens (including phenoxy) is 3. The van der Waals surface area contributed by atoms with Crippen molar-refractivity contribution in [1.82, 2.24) is 4.90 Å². The van der Waals surface area contributed by atoms with Gasteiger partial charge in [0.1, 0.15) is 19.0 Å². The molecular formula is C26H22ClNO5S. The minimum absolute atomic E-state index is 0.177. The molecule has 1 aliphatic rings. The number of methoxy groups -OCH3 is 1. The predicted molar refractivity (Wildman–Crippen MR) is 133 cm³/mol. The lowest BCUT2D eigenvalue weighted by Gasteiger charge is -2.13. The van der Waals surface area contributed by atoms with Crippen molar-refractivity contribution in [2.24, 2.45) is 0 Å². The van der Waals surface area contributed by atoms with E-state index in [9.17, 15) is 9.59 Å². The fourth-order valence-corrected chi connectivity index (χ4v) is 4.37. The third-order valence-corrected chi connectivity index (χ3v) is 6.11. The number of thioether (sulfide) groups is 1. The smallest absolute Gasteiger partial charge is 0.293 e. The molecule has 1 fully saturated rings. The molecule has 0 N–H and O–H groups in total. The summed E-state index contributed by atoms with van der Waals surface area (Å²) >= 11 is 6.93. The van der Waals surface area contributed by atoms with E-state index in [1.165, 1.54) is 4.90 Å². The van der Waals surface area contributed by atoms with Gasteiger partial charge in [-0.15, -0.1) is 0 Å². The Morgan fingerprint density at radius 2 is 1.76 bits per heavy atom. The quantitative estimate of drug-likeness (QED) is 0.337. The van der Waals surface area contributed by atoms with Gasteiger partial charge in [0.15, 0.2) is 11.5 Å². The van der Waals surface area contributed by atoms with Gasteiger partial charge in [0.25, 0.3) is 11.1 Å². The van der Waals surface area contributed by atoms with Gasteiger partial charge in [-0.25, -0.2) is 0 Å². The predicted octanol–water partition coefficient (Wildman–Crippen LogP) is 6.04. The number of benzene rings is 3. The molecule has 174 valence electrons. The summed E-state index contributed by atoms with van der Waals surface area (Å²) in [5.74, 6) is 1.43. The van der Waals surface area contributed by atoms with Crippen LogP contribution in [0, 0.1) is 0 Å². The molecule has 0 saturated carbocycles. The summed E-state index contributed by atoms with van der Waals surface area (Å²) in [6.45, 7) is 0.735. The number of hydrogen-bond acceptors (Lipinski definition) is 6. The summed E-state index contributed by atoms with van der Waals surface area (Å²) in [4.78, 5) is 26.7. The zero-order valence-corrected chi connectivity index (χ0v) is 20.0. The maximum Gasteiger partial charge on any atom is 0.293 e. The Bertz CT molecular complexity index is 1210. The molecule has 0 unspecified atom stereocenters. The Morgan fingerprint density at radius 1 is 0.941 bits per heavy atom. The number of imide groups is 1. The van der Waals surface area contributed by atoms with Crippen LogP contribution in [0.1, 0.15) is 11.1 Å². The van der Waals surface area contributed by atoms with E-state index in [4.69, 9.17) is 25.8 Å². The number of carbonyl (C=O) groups excluding carboxylic acids is 2. The van der Waals surface area contributed by atoms with E-state index in [1.54, 1.807) is 31.4 Å². The van der Waals surface area contributed by atoms with Crippen LogP contribution in [0.2, 0.25) is 5.02 Å².